The van der Waals surface area contributed by atoms with E-state index in [-0.39, 0.29) is 11.8 Å². The second-order valence-electron chi connectivity index (χ2n) is 5.33. The van der Waals surface area contributed by atoms with Crippen LogP contribution in [0.3, 0.4) is 0 Å². The SMILES string of the molecule is Cc1ccc(C(=O)NNC(=O)c2sc(N3CCOCC3)nc2C)s1. The lowest BCUT2D eigenvalue weighted by atomic mass is 10.4. The second kappa shape index (κ2) is 7.29. The fraction of sp³-hybridized carbons (Fsp3) is 0.400. The zero-order valence-corrected chi connectivity index (χ0v) is 15.1. The highest BCUT2D eigenvalue weighted by Crippen LogP contribution is 2.26. The predicted molar refractivity (Wildman–Crippen MR) is 93.9 cm³/mol. The van der Waals surface area contributed by atoms with Gasteiger partial charge in [0.2, 0.25) is 0 Å². The summed E-state index contributed by atoms with van der Waals surface area (Å²) in [6.07, 6.45) is 0. The van der Waals surface area contributed by atoms with E-state index in [4.69, 9.17) is 4.74 Å². The Morgan fingerprint density at radius 1 is 1.12 bits per heavy atom. The molecule has 1 fully saturated rings. The van der Waals surface area contributed by atoms with Gasteiger partial charge in [-0.05, 0) is 26.0 Å². The molecule has 1 aliphatic heterocycles. The quantitative estimate of drug-likeness (QED) is 0.809. The molecule has 1 saturated heterocycles. The second-order valence-corrected chi connectivity index (χ2v) is 7.59. The van der Waals surface area contributed by atoms with Gasteiger partial charge in [-0.25, -0.2) is 4.98 Å². The summed E-state index contributed by atoms with van der Waals surface area (Å²) in [7, 11) is 0. The number of aryl methyl sites for hydroxylation is 2. The maximum absolute atomic E-state index is 12.3. The van der Waals surface area contributed by atoms with Gasteiger partial charge in [-0.1, -0.05) is 11.3 Å². The number of ether oxygens (including phenoxy) is 1. The Morgan fingerprint density at radius 2 is 1.83 bits per heavy atom. The zero-order valence-electron chi connectivity index (χ0n) is 13.4. The minimum absolute atomic E-state index is 0.322. The molecule has 7 nitrogen and oxygen atoms in total. The van der Waals surface area contributed by atoms with Gasteiger partial charge in [-0.3, -0.25) is 20.4 Å². The van der Waals surface area contributed by atoms with E-state index in [1.165, 1.54) is 22.7 Å². The Labute approximate surface area is 147 Å². The average Bonchev–Trinajstić information content (AvgIpc) is 3.19. The van der Waals surface area contributed by atoms with Crippen molar-refractivity contribution >= 4 is 39.6 Å². The number of morpholine rings is 1. The van der Waals surface area contributed by atoms with Crippen molar-refractivity contribution in [2.24, 2.45) is 0 Å². The number of hydrogen-bond acceptors (Lipinski definition) is 7. The van der Waals surface area contributed by atoms with Crippen LogP contribution in [0, 0.1) is 13.8 Å². The highest BCUT2D eigenvalue weighted by Gasteiger charge is 2.21. The lowest BCUT2D eigenvalue weighted by Crippen LogP contribution is -2.41. The first kappa shape index (κ1) is 16.9. The van der Waals surface area contributed by atoms with E-state index in [1.54, 1.807) is 13.0 Å². The van der Waals surface area contributed by atoms with E-state index < -0.39 is 0 Å². The van der Waals surface area contributed by atoms with Crippen LogP contribution in [0.4, 0.5) is 5.13 Å². The summed E-state index contributed by atoms with van der Waals surface area (Å²) in [5, 5.41) is 0.807. The molecule has 0 spiro atoms. The fourth-order valence-corrected chi connectivity index (χ4v) is 4.05. The number of carbonyl (C=O) groups excluding carboxylic acids is 2. The minimum atomic E-state index is -0.355. The first-order chi connectivity index (χ1) is 11.5. The van der Waals surface area contributed by atoms with Crippen LogP contribution in [-0.2, 0) is 4.74 Å². The molecule has 3 rings (SSSR count). The van der Waals surface area contributed by atoms with E-state index in [1.807, 2.05) is 13.0 Å². The van der Waals surface area contributed by atoms with Crippen LogP contribution in [0.5, 0.6) is 0 Å². The Balaban J connectivity index is 1.62. The number of anilines is 1. The summed E-state index contributed by atoms with van der Waals surface area (Å²) < 4.78 is 5.32. The van der Waals surface area contributed by atoms with Crippen LogP contribution >= 0.6 is 22.7 Å². The van der Waals surface area contributed by atoms with Crippen molar-refractivity contribution in [3.63, 3.8) is 0 Å². The van der Waals surface area contributed by atoms with Crippen LogP contribution in [0.15, 0.2) is 12.1 Å². The van der Waals surface area contributed by atoms with Crippen LogP contribution < -0.4 is 15.8 Å². The monoisotopic (exact) mass is 366 g/mol. The average molecular weight is 366 g/mol. The number of nitrogens with one attached hydrogen (secondary N) is 2. The molecule has 0 unspecified atom stereocenters. The number of amides is 2. The topological polar surface area (TPSA) is 83.6 Å². The molecule has 9 heteroatoms. The van der Waals surface area contributed by atoms with Gasteiger partial charge in [0.25, 0.3) is 11.8 Å². The van der Waals surface area contributed by atoms with Crippen LogP contribution in [0.1, 0.15) is 29.9 Å². The molecule has 1 aliphatic rings. The number of hydrogen-bond donors (Lipinski definition) is 2. The van der Waals surface area contributed by atoms with E-state index >= 15 is 0 Å². The van der Waals surface area contributed by atoms with Crippen LogP contribution in [-0.4, -0.2) is 43.1 Å². The molecule has 0 aromatic carbocycles. The van der Waals surface area contributed by atoms with Crippen LogP contribution in [0.2, 0.25) is 0 Å². The molecule has 2 amide bonds. The normalized spacial score (nSPS) is 14.5. The van der Waals surface area contributed by atoms with Gasteiger partial charge in [-0.15, -0.1) is 11.3 Å². The molecule has 128 valence electrons. The lowest BCUT2D eigenvalue weighted by Gasteiger charge is -2.25. The number of rotatable bonds is 3. The smallest absolute Gasteiger partial charge is 0.281 e. The molecule has 24 heavy (non-hydrogen) atoms. The maximum atomic E-state index is 12.3. The highest BCUT2D eigenvalue weighted by atomic mass is 32.1. The Morgan fingerprint density at radius 3 is 2.50 bits per heavy atom. The summed E-state index contributed by atoms with van der Waals surface area (Å²) >= 11 is 2.70. The van der Waals surface area contributed by atoms with Crippen molar-refractivity contribution in [2.75, 3.05) is 31.2 Å². The number of hydrazine groups is 1. The van der Waals surface area contributed by atoms with Crippen molar-refractivity contribution in [1.82, 2.24) is 15.8 Å². The predicted octanol–water partition coefficient (Wildman–Crippen LogP) is 1.73. The molecular formula is C15H18N4O3S2. The molecule has 2 N–H and O–H groups in total. The first-order valence-corrected chi connectivity index (χ1v) is 9.15. The first-order valence-electron chi connectivity index (χ1n) is 7.52. The Kier molecular flexibility index (Phi) is 5.12. The summed E-state index contributed by atoms with van der Waals surface area (Å²) in [5.74, 6) is -0.678. The minimum Gasteiger partial charge on any atom is -0.378 e. The molecule has 0 saturated carbocycles. The molecular weight excluding hydrogens is 348 g/mol. The third kappa shape index (κ3) is 3.74. The molecule has 0 atom stereocenters. The molecule has 2 aromatic heterocycles. The summed E-state index contributed by atoms with van der Waals surface area (Å²) in [5.41, 5.74) is 5.56. The largest absolute Gasteiger partial charge is 0.378 e. The van der Waals surface area contributed by atoms with Crippen molar-refractivity contribution in [1.29, 1.82) is 0 Å². The molecule has 3 heterocycles. The van der Waals surface area contributed by atoms with Gasteiger partial charge in [0.1, 0.15) is 4.88 Å². The summed E-state index contributed by atoms with van der Waals surface area (Å²) in [6, 6.07) is 3.60. The Bertz CT molecular complexity index is 750. The molecule has 0 radical (unpaired) electrons. The van der Waals surface area contributed by atoms with Crippen molar-refractivity contribution in [3.8, 4) is 0 Å². The van der Waals surface area contributed by atoms with Crippen molar-refractivity contribution in [2.45, 2.75) is 13.8 Å². The van der Waals surface area contributed by atoms with Gasteiger partial charge in [-0.2, -0.15) is 0 Å². The maximum Gasteiger partial charge on any atom is 0.281 e. The van der Waals surface area contributed by atoms with Crippen LogP contribution in [0.25, 0.3) is 0 Å². The van der Waals surface area contributed by atoms with E-state index in [2.05, 4.69) is 20.7 Å². The van der Waals surface area contributed by atoms with Gasteiger partial charge in [0.15, 0.2) is 5.13 Å². The summed E-state index contributed by atoms with van der Waals surface area (Å²) in [4.78, 5) is 33.0. The Hall–Kier alpha value is -1.97. The number of nitrogens with zero attached hydrogens (tertiary/aromatic N) is 2. The molecule has 2 aromatic rings. The fourth-order valence-electron chi connectivity index (χ4n) is 2.27. The zero-order chi connectivity index (χ0) is 17.1. The number of thiazole rings is 1. The van der Waals surface area contributed by atoms with Gasteiger partial charge >= 0.3 is 0 Å². The van der Waals surface area contributed by atoms with Crippen molar-refractivity contribution < 1.29 is 14.3 Å². The van der Waals surface area contributed by atoms with Gasteiger partial charge in [0, 0.05) is 18.0 Å². The third-order valence-corrected chi connectivity index (χ3v) is 5.74. The number of thiophene rings is 1. The van der Waals surface area contributed by atoms with Gasteiger partial charge in [0.05, 0.1) is 23.8 Å². The number of carbonyl (C=O) groups is 2. The molecule has 0 aliphatic carbocycles. The van der Waals surface area contributed by atoms with Gasteiger partial charge < -0.3 is 9.64 Å². The lowest BCUT2D eigenvalue weighted by molar-refractivity contribution is 0.0850. The van der Waals surface area contributed by atoms with Crippen molar-refractivity contribution in [3.05, 3.63) is 32.5 Å². The standard InChI is InChI=1S/C15H18N4O3S2/c1-9-3-4-11(23-9)13(20)17-18-14(21)12-10(2)16-15(24-12)19-5-7-22-8-6-19/h3-4H,5-8H2,1-2H3,(H,17,20)(H,18,21). The number of aromatic nitrogens is 1. The van der Waals surface area contributed by atoms with E-state index in [0.29, 0.717) is 28.7 Å². The third-order valence-electron chi connectivity index (χ3n) is 3.53. The van der Waals surface area contributed by atoms with E-state index in [9.17, 15) is 9.59 Å². The van der Waals surface area contributed by atoms with E-state index in [0.717, 1.165) is 23.1 Å². The summed E-state index contributed by atoms with van der Waals surface area (Å²) in [6.45, 7) is 6.57. The highest BCUT2D eigenvalue weighted by molar-refractivity contribution is 7.17. The molecule has 0 bridgehead atoms.